The first kappa shape index (κ1) is 19.9. The van der Waals surface area contributed by atoms with Crippen LogP contribution in [0.4, 0.5) is 0 Å². The molecule has 0 saturated carbocycles. The van der Waals surface area contributed by atoms with Crippen molar-refractivity contribution in [2.45, 2.75) is 20.3 Å². The molecule has 22 heavy (non-hydrogen) atoms. The molecule has 0 bridgehead atoms. The zero-order valence-corrected chi connectivity index (χ0v) is 14.3. The van der Waals surface area contributed by atoms with Crippen LogP contribution < -0.4 is 0 Å². The van der Waals surface area contributed by atoms with Crippen molar-refractivity contribution in [3.8, 4) is 5.75 Å². The van der Waals surface area contributed by atoms with Gasteiger partial charge in [0.25, 0.3) is 0 Å². The SMILES string of the molecule is C=C/C=C\C=C(/C)C=C.CCC(=NC)c1cc(Cl)ccc1O. The van der Waals surface area contributed by atoms with E-state index in [0.717, 1.165) is 23.3 Å². The van der Waals surface area contributed by atoms with Gasteiger partial charge in [-0.05, 0) is 31.5 Å². The predicted octanol–water partition coefficient (Wildman–Crippen LogP) is 5.74. The van der Waals surface area contributed by atoms with Crippen molar-refractivity contribution in [1.29, 1.82) is 0 Å². The summed E-state index contributed by atoms with van der Waals surface area (Å²) in [6, 6.07) is 4.96. The van der Waals surface area contributed by atoms with Gasteiger partial charge in [0.15, 0.2) is 0 Å². The standard InChI is InChI=1S/C10H12ClNO.C9H12/c1-3-9(12-2)8-6-7(11)4-5-10(8)13;1-4-6-7-8-9(3)5-2/h4-6,13H,3H2,1-2H3;4-8H,1-2H2,3H3/b;7-6-,9-8+. The van der Waals surface area contributed by atoms with E-state index in [-0.39, 0.29) is 5.75 Å². The van der Waals surface area contributed by atoms with Crippen LogP contribution in [0.2, 0.25) is 5.02 Å². The van der Waals surface area contributed by atoms with Gasteiger partial charge in [-0.1, -0.05) is 67.6 Å². The number of aromatic hydroxyl groups is 1. The molecule has 0 amide bonds. The fourth-order valence-corrected chi connectivity index (χ4v) is 1.73. The molecule has 0 heterocycles. The number of aliphatic imine (C=N–C) groups is 1. The number of nitrogens with zero attached hydrogens (tertiary/aromatic N) is 1. The number of phenolic OH excluding ortho intramolecular Hbond substituents is 1. The highest BCUT2D eigenvalue weighted by Gasteiger charge is 2.06. The summed E-state index contributed by atoms with van der Waals surface area (Å²) in [5.74, 6) is 0.229. The minimum Gasteiger partial charge on any atom is -0.507 e. The Labute approximate surface area is 138 Å². The summed E-state index contributed by atoms with van der Waals surface area (Å²) in [4.78, 5) is 4.08. The van der Waals surface area contributed by atoms with Crippen LogP contribution in [0, 0.1) is 0 Å². The van der Waals surface area contributed by atoms with Gasteiger partial charge in [0.05, 0.1) is 0 Å². The highest BCUT2D eigenvalue weighted by Crippen LogP contribution is 2.22. The third-order valence-corrected chi connectivity index (χ3v) is 3.04. The lowest BCUT2D eigenvalue weighted by Crippen LogP contribution is -1.98. The van der Waals surface area contributed by atoms with Gasteiger partial charge in [0.2, 0.25) is 0 Å². The van der Waals surface area contributed by atoms with Crippen molar-refractivity contribution >= 4 is 17.3 Å². The normalized spacial score (nSPS) is 11.8. The number of allylic oxidation sites excluding steroid dienone is 6. The Kier molecular flexibility index (Phi) is 10.5. The maximum Gasteiger partial charge on any atom is 0.124 e. The number of hydrogen-bond donors (Lipinski definition) is 1. The number of halogens is 1. The van der Waals surface area contributed by atoms with E-state index in [4.69, 9.17) is 11.6 Å². The predicted molar refractivity (Wildman–Crippen MR) is 99.2 cm³/mol. The molecule has 2 nitrogen and oxygen atoms in total. The second kappa shape index (κ2) is 11.6. The topological polar surface area (TPSA) is 32.6 Å². The first-order chi connectivity index (χ1) is 10.5. The Hall–Kier alpha value is -2.06. The summed E-state index contributed by atoms with van der Waals surface area (Å²) in [6.45, 7) is 11.1. The van der Waals surface area contributed by atoms with Crippen molar-refractivity contribution in [3.63, 3.8) is 0 Å². The van der Waals surface area contributed by atoms with Gasteiger partial charge in [-0.15, -0.1) is 0 Å². The summed E-state index contributed by atoms with van der Waals surface area (Å²) in [5, 5.41) is 10.1. The van der Waals surface area contributed by atoms with Crippen LogP contribution in [0.3, 0.4) is 0 Å². The van der Waals surface area contributed by atoms with Crippen molar-refractivity contribution < 1.29 is 5.11 Å². The molecule has 0 aromatic heterocycles. The van der Waals surface area contributed by atoms with E-state index in [1.807, 2.05) is 38.2 Å². The van der Waals surface area contributed by atoms with Gasteiger partial charge in [-0.25, -0.2) is 0 Å². The summed E-state index contributed by atoms with van der Waals surface area (Å²) in [5.41, 5.74) is 2.74. The van der Waals surface area contributed by atoms with Crippen LogP contribution in [-0.2, 0) is 0 Å². The maximum atomic E-state index is 9.53. The molecule has 1 N–H and O–H groups in total. The van der Waals surface area contributed by atoms with Crippen molar-refractivity contribution in [3.05, 3.63) is 77.9 Å². The third kappa shape index (κ3) is 7.65. The molecule has 0 aliphatic carbocycles. The largest absolute Gasteiger partial charge is 0.507 e. The van der Waals surface area contributed by atoms with E-state index >= 15 is 0 Å². The highest BCUT2D eigenvalue weighted by atomic mass is 35.5. The Morgan fingerprint density at radius 3 is 2.50 bits per heavy atom. The molecule has 1 aromatic carbocycles. The molecule has 118 valence electrons. The number of benzene rings is 1. The van der Waals surface area contributed by atoms with Crippen LogP contribution in [0.25, 0.3) is 0 Å². The van der Waals surface area contributed by atoms with E-state index in [2.05, 4.69) is 18.2 Å². The smallest absolute Gasteiger partial charge is 0.124 e. The molecular formula is C19H24ClNO. The molecule has 0 aliphatic rings. The van der Waals surface area contributed by atoms with Crippen molar-refractivity contribution in [1.82, 2.24) is 0 Å². The van der Waals surface area contributed by atoms with E-state index in [0.29, 0.717) is 5.02 Å². The Morgan fingerprint density at radius 2 is 2.00 bits per heavy atom. The van der Waals surface area contributed by atoms with Crippen LogP contribution in [-0.4, -0.2) is 17.9 Å². The first-order valence-corrected chi connectivity index (χ1v) is 7.40. The van der Waals surface area contributed by atoms with E-state index < -0.39 is 0 Å². The van der Waals surface area contributed by atoms with Crippen LogP contribution >= 0.6 is 11.6 Å². The summed E-state index contributed by atoms with van der Waals surface area (Å²) in [7, 11) is 1.71. The second-order valence-corrected chi connectivity index (χ2v) is 4.86. The van der Waals surface area contributed by atoms with Crippen LogP contribution in [0.15, 0.2) is 72.3 Å². The Balaban J connectivity index is 0.000000433. The van der Waals surface area contributed by atoms with Crippen molar-refractivity contribution in [2.24, 2.45) is 4.99 Å². The van der Waals surface area contributed by atoms with Crippen LogP contribution in [0.5, 0.6) is 5.75 Å². The highest BCUT2D eigenvalue weighted by molar-refractivity contribution is 6.31. The van der Waals surface area contributed by atoms with Gasteiger partial charge in [0.1, 0.15) is 5.75 Å². The molecule has 0 saturated heterocycles. The van der Waals surface area contributed by atoms with Gasteiger partial charge in [-0.2, -0.15) is 0 Å². The quantitative estimate of drug-likeness (QED) is 0.545. The molecule has 1 rings (SSSR count). The molecular weight excluding hydrogens is 294 g/mol. The molecule has 1 aromatic rings. The molecule has 0 spiro atoms. The van der Waals surface area contributed by atoms with Gasteiger partial charge < -0.3 is 5.11 Å². The summed E-state index contributed by atoms with van der Waals surface area (Å²) >= 11 is 5.81. The summed E-state index contributed by atoms with van der Waals surface area (Å²) < 4.78 is 0. The minimum atomic E-state index is 0.229. The monoisotopic (exact) mass is 317 g/mol. The molecule has 0 unspecified atom stereocenters. The lowest BCUT2D eigenvalue weighted by molar-refractivity contribution is 0.474. The molecule has 0 aliphatic heterocycles. The van der Waals surface area contributed by atoms with Gasteiger partial charge in [0, 0.05) is 23.3 Å². The first-order valence-electron chi connectivity index (χ1n) is 7.03. The van der Waals surface area contributed by atoms with Crippen molar-refractivity contribution in [2.75, 3.05) is 7.05 Å². The lowest BCUT2D eigenvalue weighted by atomic mass is 10.1. The molecule has 0 radical (unpaired) electrons. The second-order valence-electron chi connectivity index (χ2n) is 4.42. The molecule has 0 atom stereocenters. The van der Waals surface area contributed by atoms with Gasteiger partial charge in [-0.3, -0.25) is 4.99 Å². The van der Waals surface area contributed by atoms with E-state index in [1.165, 1.54) is 0 Å². The summed E-state index contributed by atoms with van der Waals surface area (Å²) in [6.07, 6.45) is 10.1. The van der Waals surface area contributed by atoms with Crippen LogP contribution in [0.1, 0.15) is 25.8 Å². The molecule has 0 fully saturated rings. The van der Waals surface area contributed by atoms with E-state index in [1.54, 1.807) is 31.3 Å². The average molecular weight is 318 g/mol. The fourth-order valence-electron chi connectivity index (χ4n) is 1.56. The maximum absolute atomic E-state index is 9.53. The van der Waals surface area contributed by atoms with Gasteiger partial charge >= 0.3 is 0 Å². The number of phenols is 1. The lowest BCUT2D eigenvalue weighted by Gasteiger charge is -2.05. The Morgan fingerprint density at radius 1 is 1.32 bits per heavy atom. The Bertz CT molecular complexity index is 583. The third-order valence-electron chi connectivity index (χ3n) is 2.80. The number of rotatable bonds is 5. The zero-order valence-electron chi connectivity index (χ0n) is 13.5. The zero-order chi connectivity index (χ0) is 17.0. The fraction of sp³-hybridized carbons (Fsp3) is 0.211. The molecule has 3 heteroatoms. The number of hydrogen-bond acceptors (Lipinski definition) is 2. The minimum absolute atomic E-state index is 0.229. The van der Waals surface area contributed by atoms with E-state index in [9.17, 15) is 5.11 Å². The average Bonchev–Trinajstić information content (AvgIpc) is 2.52.